The summed E-state index contributed by atoms with van der Waals surface area (Å²) in [4.78, 5) is 11.1. The van der Waals surface area contributed by atoms with Crippen LogP contribution in [-0.4, -0.2) is 40.2 Å². The Balaban J connectivity index is 1.82. The van der Waals surface area contributed by atoms with Crippen LogP contribution < -0.4 is 0 Å². The van der Waals surface area contributed by atoms with Crippen LogP contribution in [0.3, 0.4) is 0 Å². The molecular formula is C22H34N4O2S. The van der Waals surface area contributed by atoms with Gasteiger partial charge in [0.25, 0.3) is 0 Å². The van der Waals surface area contributed by atoms with Crippen molar-refractivity contribution in [2.75, 3.05) is 7.05 Å². The molecule has 0 unspecified atom stereocenters. The largest absolute Gasteiger partial charge is 0.318 e. The summed E-state index contributed by atoms with van der Waals surface area (Å²) in [6.07, 6.45) is 10.2. The first-order valence-corrected chi connectivity index (χ1v) is 12.4. The topological polar surface area (TPSA) is 68.1 Å². The molecule has 160 valence electrons. The Morgan fingerprint density at radius 1 is 1.17 bits per heavy atom. The Morgan fingerprint density at radius 3 is 2.62 bits per heavy atom. The van der Waals surface area contributed by atoms with Crippen LogP contribution in [0.2, 0.25) is 0 Å². The number of sulfone groups is 1. The fourth-order valence-electron chi connectivity index (χ4n) is 4.10. The molecule has 0 aliphatic heterocycles. The lowest BCUT2D eigenvalue weighted by Crippen LogP contribution is -2.28. The normalized spacial score (nSPS) is 15.9. The first-order valence-electron chi connectivity index (χ1n) is 10.8. The molecule has 29 heavy (non-hydrogen) atoms. The molecule has 0 atom stereocenters. The fourth-order valence-corrected chi connectivity index (χ4v) is 6.06. The van der Waals surface area contributed by atoms with Crippen molar-refractivity contribution in [1.29, 1.82) is 0 Å². The zero-order chi connectivity index (χ0) is 20.9. The summed E-state index contributed by atoms with van der Waals surface area (Å²) < 4.78 is 28.6. The van der Waals surface area contributed by atoms with E-state index < -0.39 is 9.84 Å². The monoisotopic (exact) mass is 418 g/mol. The molecule has 2 aromatic heterocycles. The summed E-state index contributed by atoms with van der Waals surface area (Å²) in [6.45, 7) is 6.26. The van der Waals surface area contributed by atoms with E-state index in [1.807, 2.05) is 23.9 Å². The van der Waals surface area contributed by atoms with E-state index >= 15 is 0 Å². The van der Waals surface area contributed by atoms with Gasteiger partial charge in [-0.15, -0.1) is 0 Å². The molecule has 1 aliphatic rings. The number of hydrogen-bond acceptors (Lipinski definition) is 5. The van der Waals surface area contributed by atoms with Gasteiger partial charge in [-0.05, 0) is 44.9 Å². The number of imidazole rings is 1. The molecule has 0 radical (unpaired) electrons. The maximum atomic E-state index is 13.3. The van der Waals surface area contributed by atoms with Gasteiger partial charge >= 0.3 is 0 Å². The van der Waals surface area contributed by atoms with Gasteiger partial charge in [-0.1, -0.05) is 38.7 Å². The SMILES string of the molecule is CCCCn1c(CN(C)Cc2ncccc2C)cnc1S(=O)(=O)C1CCCCC1. The van der Waals surface area contributed by atoms with Gasteiger partial charge in [-0.2, -0.15) is 0 Å². The van der Waals surface area contributed by atoms with Crippen LogP contribution in [0.25, 0.3) is 0 Å². The first-order chi connectivity index (χ1) is 13.9. The lowest BCUT2D eigenvalue weighted by molar-refractivity contribution is 0.302. The van der Waals surface area contributed by atoms with E-state index in [0.29, 0.717) is 13.1 Å². The lowest BCUT2D eigenvalue weighted by Gasteiger charge is -2.23. The number of aryl methyl sites for hydroxylation is 1. The van der Waals surface area contributed by atoms with Gasteiger partial charge in [0, 0.05) is 25.8 Å². The molecule has 0 amide bonds. The highest BCUT2D eigenvalue weighted by Crippen LogP contribution is 2.29. The quantitative estimate of drug-likeness (QED) is 0.613. The second-order valence-electron chi connectivity index (χ2n) is 8.28. The van der Waals surface area contributed by atoms with Gasteiger partial charge < -0.3 is 4.57 Å². The number of hydrogen-bond donors (Lipinski definition) is 0. The molecule has 1 saturated carbocycles. The number of aromatic nitrogens is 3. The molecule has 0 saturated heterocycles. The minimum Gasteiger partial charge on any atom is -0.318 e. The fraction of sp³-hybridized carbons (Fsp3) is 0.636. The highest BCUT2D eigenvalue weighted by Gasteiger charge is 2.33. The molecule has 0 bridgehead atoms. The first kappa shape index (κ1) is 22.0. The van der Waals surface area contributed by atoms with Gasteiger partial charge in [0.15, 0.2) is 0 Å². The standard InChI is InChI=1S/C22H34N4O2S/c1-4-5-14-26-19(16-25(3)17-21-18(2)10-9-13-23-21)15-24-22(26)29(27,28)20-11-7-6-8-12-20/h9-10,13,15,20H,4-8,11-12,14,16-17H2,1-3H3. The summed E-state index contributed by atoms with van der Waals surface area (Å²) in [5.74, 6) is 0. The highest BCUT2D eigenvalue weighted by molar-refractivity contribution is 7.91. The molecule has 3 rings (SSSR count). The van der Waals surface area contributed by atoms with Crippen LogP contribution in [0.4, 0.5) is 0 Å². The zero-order valence-corrected chi connectivity index (χ0v) is 18.8. The third-order valence-electron chi connectivity index (χ3n) is 5.85. The smallest absolute Gasteiger partial charge is 0.228 e. The second-order valence-corrected chi connectivity index (χ2v) is 10.4. The van der Waals surface area contributed by atoms with Crippen LogP contribution in [0, 0.1) is 6.92 Å². The van der Waals surface area contributed by atoms with E-state index in [4.69, 9.17) is 0 Å². The van der Waals surface area contributed by atoms with Crippen molar-refractivity contribution >= 4 is 9.84 Å². The van der Waals surface area contributed by atoms with Crippen molar-refractivity contribution in [3.8, 4) is 0 Å². The van der Waals surface area contributed by atoms with Gasteiger partial charge in [-0.3, -0.25) is 9.88 Å². The summed E-state index contributed by atoms with van der Waals surface area (Å²) in [5, 5.41) is -0.00367. The molecule has 1 fully saturated rings. The molecule has 2 aromatic rings. The third-order valence-corrected chi connectivity index (χ3v) is 8.04. The molecule has 7 heteroatoms. The van der Waals surface area contributed by atoms with Crippen molar-refractivity contribution in [2.24, 2.45) is 0 Å². The second kappa shape index (κ2) is 9.85. The van der Waals surface area contributed by atoms with Gasteiger partial charge in [-0.25, -0.2) is 13.4 Å². The molecular weight excluding hydrogens is 384 g/mol. The van der Waals surface area contributed by atoms with Crippen LogP contribution >= 0.6 is 0 Å². The van der Waals surface area contributed by atoms with E-state index in [-0.39, 0.29) is 10.4 Å². The van der Waals surface area contributed by atoms with Crippen molar-refractivity contribution in [3.63, 3.8) is 0 Å². The van der Waals surface area contributed by atoms with Crippen LogP contribution in [0.1, 0.15) is 68.8 Å². The van der Waals surface area contributed by atoms with E-state index in [2.05, 4.69) is 34.8 Å². The van der Waals surface area contributed by atoms with Crippen molar-refractivity contribution in [2.45, 2.75) is 88.8 Å². The summed E-state index contributed by atoms with van der Waals surface area (Å²) in [6, 6.07) is 4.01. The third kappa shape index (κ3) is 5.25. The summed E-state index contributed by atoms with van der Waals surface area (Å²) >= 11 is 0. The molecule has 0 N–H and O–H groups in total. The predicted octanol–water partition coefficient (Wildman–Crippen LogP) is 4.13. The van der Waals surface area contributed by atoms with E-state index in [1.165, 1.54) is 5.56 Å². The maximum Gasteiger partial charge on any atom is 0.228 e. The number of nitrogens with zero attached hydrogens (tertiary/aromatic N) is 4. The molecule has 2 heterocycles. The summed E-state index contributed by atoms with van der Waals surface area (Å²) in [5.41, 5.74) is 3.17. The number of unbranched alkanes of at least 4 members (excludes halogenated alkanes) is 1. The minimum absolute atomic E-state index is 0.273. The van der Waals surface area contributed by atoms with E-state index in [1.54, 1.807) is 6.20 Å². The lowest BCUT2D eigenvalue weighted by atomic mass is 10.0. The highest BCUT2D eigenvalue weighted by atomic mass is 32.2. The zero-order valence-electron chi connectivity index (χ0n) is 18.0. The Hall–Kier alpha value is -1.73. The summed E-state index contributed by atoms with van der Waals surface area (Å²) in [7, 11) is -1.34. The van der Waals surface area contributed by atoms with Crippen LogP contribution in [0.15, 0.2) is 29.7 Å². The van der Waals surface area contributed by atoms with Crippen molar-refractivity contribution in [1.82, 2.24) is 19.4 Å². The minimum atomic E-state index is -3.38. The Labute approximate surface area is 175 Å². The number of pyridine rings is 1. The van der Waals surface area contributed by atoms with Crippen molar-refractivity contribution < 1.29 is 8.42 Å². The van der Waals surface area contributed by atoms with Crippen molar-refractivity contribution in [3.05, 3.63) is 41.5 Å². The van der Waals surface area contributed by atoms with E-state index in [9.17, 15) is 8.42 Å². The Kier molecular flexibility index (Phi) is 7.46. The Morgan fingerprint density at radius 2 is 1.93 bits per heavy atom. The van der Waals surface area contributed by atoms with E-state index in [0.717, 1.165) is 62.9 Å². The van der Waals surface area contributed by atoms with Crippen LogP contribution in [0.5, 0.6) is 0 Å². The average molecular weight is 419 g/mol. The van der Waals surface area contributed by atoms with Crippen LogP contribution in [-0.2, 0) is 29.5 Å². The molecule has 0 aromatic carbocycles. The number of rotatable bonds is 9. The predicted molar refractivity (Wildman–Crippen MR) is 115 cm³/mol. The molecule has 0 spiro atoms. The Bertz CT molecular complexity index is 901. The molecule has 6 nitrogen and oxygen atoms in total. The average Bonchev–Trinajstić information content (AvgIpc) is 3.12. The van der Waals surface area contributed by atoms with Gasteiger partial charge in [0.2, 0.25) is 15.0 Å². The maximum absolute atomic E-state index is 13.3. The molecule has 1 aliphatic carbocycles. The van der Waals surface area contributed by atoms with Gasteiger partial charge in [0.05, 0.1) is 22.8 Å². The van der Waals surface area contributed by atoms with Gasteiger partial charge in [0.1, 0.15) is 0 Å².